The van der Waals surface area contributed by atoms with Crippen molar-refractivity contribution >= 4 is 44.9 Å². The van der Waals surface area contributed by atoms with E-state index in [9.17, 15) is 40.8 Å². The molecule has 4 saturated carbocycles. The summed E-state index contributed by atoms with van der Waals surface area (Å²) in [7, 11) is -2.72. The molecule has 0 aromatic carbocycles. The number of aryl methyl sites for hydroxylation is 1. The molecule has 4 aliphatic carbocycles. The Bertz CT molecular complexity index is 2280. The molecule has 2 aromatic heterocycles. The van der Waals surface area contributed by atoms with Crippen LogP contribution in [0.1, 0.15) is 102 Å². The van der Waals surface area contributed by atoms with Crippen LogP contribution in [0, 0.1) is 17.8 Å². The van der Waals surface area contributed by atoms with Crippen molar-refractivity contribution in [3.63, 3.8) is 0 Å². The number of alkyl halides is 3. The van der Waals surface area contributed by atoms with Gasteiger partial charge < -0.3 is 29.7 Å². The number of carbonyl (C=O) groups is 4. The molecule has 0 bridgehead atoms. The number of methoxy groups -OCH3 is 1. The standard InChI is InChI=1S/C41H49F3N6O9S/c1-38(14-15-38)60(55,56)49-36(53)40-19-24(40)8-6-4-3-5-7-9-28(46-37(54)58-25-17-22-16-23(22)18-25)35(52)50-21-39(20-29(50)34(51)48-40)13-12-26-31-27(10-11-30(47-31)57-2)45-33(32(26)59-39)41(42,43)44/h6,8,10-11,22-25,28-29H,3-5,7,9,12-21H2,1-2H3,(H,46,54)(H,48,51)(H,49,53)/b8-6-/t22-,23+,24-,25?,28+,29+,39-,40-/m1/s1. The van der Waals surface area contributed by atoms with Crippen molar-refractivity contribution in [2.45, 2.75) is 137 Å². The monoisotopic (exact) mass is 858 g/mol. The molecule has 15 nitrogen and oxygen atoms in total. The third-order valence-corrected chi connectivity index (χ3v) is 16.0. The van der Waals surface area contributed by atoms with E-state index in [1.54, 1.807) is 6.08 Å². The molecule has 3 N–H and O–H groups in total. The lowest BCUT2D eigenvalue weighted by molar-refractivity contribution is -0.144. The summed E-state index contributed by atoms with van der Waals surface area (Å²) in [6.07, 6.45) is 3.68. The van der Waals surface area contributed by atoms with Gasteiger partial charge >= 0.3 is 12.3 Å². The smallest absolute Gasteiger partial charge is 0.437 e. The zero-order chi connectivity index (χ0) is 42.4. The molecule has 1 saturated heterocycles. The fourth-order valence-corrected chi connectivity index (χ4v) is 11.1. The van der Waals surface area contributed by atoms with Crippen LogP contribution in [0.3, 0.4) is 0 Å². The molecular formula is C41H49F3N6O9S. The summed E-state index contributed by atoms with van der Waals surface area (Å²) in [5, 5.41) is 5.56. The SMILES string of the molecule is COc1ccc2nc(C(F)(F)F)c3c(c2n1)CC[C@]1(C[C@H]2C(=O)N[C@]4(C(=O)NS(=O)(=O)C5(C)CC5)C[C@H]4/C=C\CCCCC[C@H](NC(=O)OC4C[C@@H]5C[C@@H]5C4)C(=O)N2C1)O3. The number of carbonyl (C=O) groups excluding carboxylic acids is 4. The first-order valence-electron chi connectivity index (χ1n) is 20.9. The average Bonchev–Trinajstić information content (AvgIpc) is 4.16. The van der Waals surface area contributed by atoms with Crippen molar-refractivity contribution in [3.8, 4) is 11.6 Å². The first kappa shape index (κ1) is 40.7. The number of halogens is 3. The largest absolute Gasteiger partial charge is 0.483 e. The lowest BCUT2D eigenvalue weighted by atomic mass is 9.87. The summed E-state index contributed by atoms with van der Waals surface area (Å²) in [6.45, 7) is 1.20. The molecule has 1 spiro atoms. The van der Waals surface area contributed by atoms with Gasteiger partial charge in [-0.2, -0.15) is 13.2 Å². The first-order valence-corrected chi connectivity index (χ1v) is 22.4. The molecule has 5 heterocycles. The van der Waals surface area contributed by atoms with Crippen molar-refractivity contribution in [2.24, 2.45) is 17.8 Å². The minimum Gasteiger partial charge on any atom is -0.483 e. The molecule has 2 aromatic rings. The highest BCUT2D eigenvalue weighted by Crippen LogP contribution is 2.53. The third kappa shape index (κ3) is 7.41. The zero-order valence-corrected chi connectivity index (χ0v) is 34.3. The van der Waals surface area contributed by atoms with Gasteiger partial charge in [0.1, 0.15) is 29.3 Å². The van der Waals surface area contributed by atoms with Gasteiger partial charge in [-0.1, -0.05) is 25.0 Å². The number of hydrogen-bond donors (Lipinski definition) is 3. The van der Waals surface area contributed by atoms with Crippen LogP contribution >= 0.6 is 0 Å². The Balaban J connectivity index is 1.06. The normalized spacial score (nSPS) is 33.7. The highest BCUT2D eigenvalue weighted by Gasteiger charge is 2.64. The maximum Gasteiger partial charge on any atom is 0.437 e. The average molecular weight is 859 g/mol. The molecule has 4 amide bonds. The van der Waals surface area contributed by atoms with Crippen molar-refractivity contribution in [2.75, 3.05) is 13.7 Å². The summed E-state index contributed by atoms with van der Waals surface area (Å²) in [4.78, 5) is 66.4. The topological polar surface area (TPSA) is 195 Å². The Morgan fingerprint density at radius 3 is 2.52 bits per heavy atom. The molecule has 7 aliphatic rings. The van der Waals surface area contributed by atoms with Crippen LogP contribution in [0.5, 0.6) is 11.6 Å². The number of ether oxygens (including phenoxy) is 3. The fraction of sp³-hybridized carbons (Fsp3) is 0.659. The second-order valence-corrected chi connectivity index (χ2v) is 20.3. The Hall–Kier alpha value is -4.68. The number of alkyl carbamates (subject to hydrolysis) is 1. The number of rotatable bonds is 6. The van der Waals surface area contributed by atoms with Gasteiger partial charge in [-0.05, 0) is 95.5 Å². The molecule has 1 unspecified atom stereocenters. The van der Waals surface area contributed by atoms with Crippen LogP contribution in [-0.4, -0.2) is 94.8 Å². The highest BCUT2D eigenvalue weighted by atomic mass is 32.2. The summed E-state index contributed by atoms with van der Waals surface area (Å²) in [5.41, 5.74) is -4.19. The van der Waals surface area contributed by atoms with Gasteiger partial charge in [0.05, 0.1) is 29.4 Å². The number of hydrogen-bond acceptors (Lipinski definition) is 11. The van der Waals surface area contributed by atoms with E-state index in [1.807, 2.05) is 6.08 Å². The Labute approximate surface area is 345 Å². The number of nitrogens with zero attached hydrogens (tertiary/aromatic N) is 3. The first-order chi connectivity index (χ1) is 28.4. The maximum atomic E-state index is 14.8. The van der Waals surface area contributed by atoms with Crippen molar-refractivity contribution in [1.82, 2.24) is 30.2 Å². The third-order valence-electron chi connectivity index (χ3n) is 13.9. The maximum absolute atomic E-state index is 14.8. The summed E-state index contributed by atoms with van der Waals surface area (Å²) >= 11 is 0. The van der Waals surface area contributed by atoms with Gasteiger partial charge in [0, 0.05) is 24.0 Å². The van der Waals surface area contributed by atoms with Crippen LogP contribution in [0.4, 0.5) is 18.0 Å². The second-order valence-electron chi connectivity index (χ2n) is 18.1. The second kappa shape index (κ2) is 14.5. The Morgan fingerprint density at radius 1 is 1.03 bits per heavy atom. The zero-order valence-electron chi connectivity index (χ0n) is 33.4. The van der Waals surface area contributed by atoms with Crippen LogP contribution in [0.25, 0.3) is 11.0 Å². The number of sulfonamides is 1. The van der Waals surface area contributed by atoms with Gasteiger partial charge in [-0.3, -0.25) is 19.1 Å². The summed E-state index contributed by atoms with van der Waals surface area (Å²) < 4.78 is 89.2. The molecule has 8 atom stereocenters. The van der Waals surface area contributed by atoms with E-state index in [1.165, 1.54) is 31.1 Å². The van der Waals surface area contributed by atoms with Crippen LogP contribution < -0.4 is 24.8 Å². The van der Waals surface area contributed by atoms with Gasteiger partial charge in [0.25, 0.3) is 5.91 Å². The molecule has 9 rings (SSSR count). The minimum atomic E-state index is -4.95. The molecule has 19 heteroatoms. The lowest BCUT2D eigenvalue weighted by Gasteiger charge is -2.37. The van der Waals surface area contributed by atoms with Crippen LogP contribution in [0.2, 0.25) is 0 Å². The molecule has 5 fully saturated rings. The van der Waals surface area contributed by atoms with Gasteiger partial charge in [-0.15, -0.1) is 0 Å². The van der Waals surface area contributed by atoms with Crippen molar-refractivity contribution < 1.29 is 55.0 Å². The molecule has 3 aliphatic heterocycles. The van der Waals surface area contributed by atoms with Crippen LogP contribution in [0.15, 0.2) is 24.3 Å². The summed E-state index contributed by atoms with van der Waals surface area (Å²) in [6, 6.07) is 0.246. The Kier molecular flexibility index (Phi) is 9.82. The van der Waals surface area contributed by atoms with Crippen molar-refractivity contribution in [3.05, 3.63) is 35.5 Å². The number of fused-ring (bicyclic) bond motifs is 6. The highest BCUT2D eigenvalue weighted by molar-refractivity contribution is 7.91. The van der Waals surface area contributed by atoms with E-state index >= 15 is 0 Å². The molecule has 324 valence electrons. The predicted molar refractivity (Wildman–Crippen MR) is 207 cm³/mol. The van der Waals surface area contributed by atoms with Gasteiger partial charge in [0.15, 0.2) is 11.4 Å². The van der Waals surface area contributed by atoms with E-state index in [0.29, 0.717) is 50.4 Å². The van der Waals surface area contributed by atoms with E-state index in [2.05, 4.69) is 25.3 Å². The van der Waals surface area contributed by atoms with Crippen LogP contribution in [-0.2, 0) is 41.7 Å². The van der Waals surface area contributed by atoms with E-state index < -0.39 is 85.3 Å². The fourth-order valence-electron chi connectivity index (χ4n) is 9.76. The number of aromatic nitrogens is 2. The minimum absolute atomic E-state index is 0.0141. The Morgan fingerprint density at radius 2 is 1.80 bits per heavy atom. The van der Waals surface area contributed by atoms with E-state index in [4.69, 9.17) is 14.2 Å². The van der Waals surface area contributed by atoms with Gasteiger partial charge in [-0.25, -0.2) is 23.2 Å². The quantitative estimate of drug-likeness (QED) is 0.344. The van der Waals surface area contributed by atoms with Crippen molar-refractivity contribution in [1.29, 1.82) is 0 Å². The number of amides is 4. The van der Waals surface area contributed by atoms with Gasteiger partial charge in [0.2, 0.25) is 27.7 Å². The number of allylic oxidation sites excluding steroid dienone is 1. The number of nitrogens with one attached hydrogen (secondary N) is 3. The predicted octanol–water partition coefficient (Wildman–Crippen LogP) is 4.61. The molecular weight excluding hydrogens is 810 g/mol. The molecule has 0 radical (unpaired) electrons. The number of pyridine rings is 2. The van der Waals surface area contributed by atoms with E-state index in [-0.39, 0.29) is 67.2 Å². The van der Waals surface area contributed by atoms with E-state index in [0.717, 1.165) is 19.3 Å². The summed E-state index contributed by atoms with van der Waals surface area (Å²) in [5.74, 6) is -2.26. The lowest BCUT2D eigenvalue weighted by Crippen LogP contribution is -2.58. The molecule has 60 heavy (non-hydrogen) atoms.